The van der Waals surface area contributed by atoms with Gasteiger partial charge in [0, 0.05) is 12.6 Å². The zero-order valence-corrected chi connectivity index (χ0v) is 12.4. The molecular formula is C14H28N2O3. The highest BCUT2D eigenvalue weighted by Gasteiger charge is 2.12. The maximum absolute atomic E-state index is 11.8. The van der Waals surface area contributed by atoms with Gasteiger partial charge in [0.15, 0.2) is 0 Å². The fraction of sp³-hybridized carbons (Fsp3) is 0.857. The topological polar surface area (TPSA) is 69.6 Å². The molecule has 1 atom stereocenters. The van der Waals surface area contributed by atoms with Crippen LogP contribution in [0.25, 0.3) is 0 Å². The molecule has 0 aliphatic carbocycles. The van der Waals surface area contributed by atoms with Crippen LogP contribution in [0.15, 0.2) is 0 Å². The molecule has 5 heteroatoms. The zero-order chi connectivity index (χ0) is 14.7. The summed E-state index contributed by atoms with van der Waals surface area (Å²) in [4.78, 5) is 24.2. The molecule has 0 bridgehead atoms. The molecule has 0 aliphatic rings. The number of carbonyl (C=O) groups is 2. The Kier molecular flexibility index (Phi) is 10.2. The lowest BCUT2D eigenvalue weighted by Crippen LogP contribution is -2.41. The first-order valence-electron chi connectivity index (χ1n) is 7.23. The molecule has 0 rings (SSSR count). The van der Waals surface area contributed by atoms with E-state index in [0.717, 1.165) is 12.8 Å². The summed E-state index contributed by atoms with van der Waals surface area (Å²) in [5, 5.41) is 11.6. The van der Waals surface area contributed by atoms with E-state index >= 15 is 0 Å². The predicted molar refractivity (Wildman–Crippen MR) is 76.1 cm³/mol. The Morgan fingerprint density at radius 3 is 2.47 bits per heavy atom. The molecule has 5 nitrogen and oxygen atoms in total. The fourth-order valence-corrected chi connectivity index (χ4v) is 1.90. The van der Waals surface area contributed by atoms with E-state index in [2.05, 4.69) is 12.2 Å². The summed E-state index contributed by atoms with van der Waals surface area (Å²) in [6, 6.07) is 0.192. The van der Waals surface area contributed by atoms with E-state index in [0.29, 0.717) is 13.1 Å². The van der Waals surface area contributed by atoms with E-state index in [1.165, 1.54) is 12.8 Å². The Bertz CT molecular complexity index is 269. The van der Waals surface area contributed by atoms with Gasteiger partial charge >= 0.3 is 5.97 Å². The number of unbranched alkanes of at least 4 members (excludes halogenated alkanes) is 2. The fourth-order valence-electron chi connectivity index (χ4n) is 1.90. The molecule has 0 radical (unpaired) electrons. The standard InChI is InChI=1S/C14H28N2O3/c1-4-6-7-8-12(3)15-13(17)11-16(5-2)10-9-14(18)19/h12H,4-11H2,1-3H3,(H,15,17)(H,18,19). The summed E-state index contributed by atoms with van der Waals surface area (Å²) in [5.41, 5.74) is 0. The third-order valence-corrected chi connectivity index (χ3v) is 3.10. The third-order valence-electron chi connectivity index (χ3n) is 3.10. The molecule has 0 aromatic heterocycles. The summed E-state index contributed by atoms with van der Waals surface area (Å²) in [5.74, 6) is -0.844. The SMILES string of the molecule is CCCCCC(C)NC(=O)CN(CC)CCC(=O)O. The van der Waals surface area contributed by atoms with Crippen LogP contribution in [0.3, 0.4) is 0 Å². The van der Waals surface area contributed by atoms with Crippen LogP contribution < -0.4 is 5.32 Å². The van der Waals surface area contributed by atoms with Gasteiger partial charge in [0.2, 0.25) is 5.91 Å². The Labute approximate surface area is 116 Å². The largest absolute Gasteiger partial charge is 0.481 e. The van der Waals surface area contributed by atoms with Crippen LogP contribution in [0, 0.1) is 0 Å². The Morgan fingerprint density at radius 2 is 1.95 bits per heavy atom. The molecule has 112 valence electrons. The molecule has 0 heterocycles. The molecule has 1 amide bonds. The monoisotopic (exact) mass is 272 g/mol. The number of carbonyl (C=O) groups excluding carboxylic acids is 1. The number of likely N-dealkylation sites (N-methyl/N-ethyl adjacent to an activating group) is 1. The lowest BCUT2D eigenvalue weighted by atomic mass is 10.1. The summed E-state index contributed by atoms with van der Waals surface area (Å²) in [6.45, 7) is 7.49. The Hall–Kier alpha value is -1.10. The smallest absolute Gasteiger partial charge is 0.304 e. The number of amides is 1. The van der Waals surface area contributed by atoms with Crippen LogP contribution >= 0.6 is 0 Å². The number of aliphatic carboxylic acids is 1. The lowest BCUT2D eigenvalue weighted by Gasteiger charge is -2.20. The molecule has 0 saturated heterocycles. The molecule has 0 spiro atoms. The summed E-state index contributed by atoms with van der Waals surface area (Å²) in [6.07, 6.45) is 4.59. The molecule has 0 aromatic carbocycles. The van der Waals surface area contributed by atoms with E-state index in [1.54, 1.807) is 0 Å². The second-order valence-electron chi connectivity index (χ2n) is 4.98. The summed E-state index contributed by atoms with van der Waals surface area (Å²) < 4.78 is 0. The number of rotatable bonds is 11. The number of hydrogen-bond acceptors (Lipinski definition) is 3. The van der Waals surface area contributed by atoms with Crippen molar-refractivity contribution in [3.63, 3.8) is 0 Å². The quantitative estimate of drug-likeness (QED) is 0.563. The van der Waals surface area contributed by atoms with Crippen molar-refractivity contribution >= 4 is 11.9 Å². The first kappa shape index (κ1) is 17.9. The highest BCUT2D eigenvalue weighted by atomic mass is 16.4. The van der Waals surface area contributed by atoms with Gasteiger partial charge < -0.3 is 10.4 Å². The second-order valence-corrected chi connectivity index (χ2v) is 4.98. The van der Waals surface area contributed by atoms with Crippen molar-refractivity contribution in [3.05, 3.63) is 0 Å². The minimum Gasteiger partial charge on any atom is -0.481 e. The minimum atomic E-state index is -0.827. The van der Waals surface area contributed by atoms with Crippen LogP contribution in [-0.2, 0) is 9.59 Å². The van der Waals surface area contributed by atoms with Gasteiger partial charge in [-0.15, -0.1) is 0 Å². The summed E-state index contributed by atoms with van der Waals surface area (Å²) >= 11 is 0. The average Bonchev–Trinajstić information content (AvgIpc) is 2.34. The minimum absolute atomic E-state index is 0.0174. The average molecular weight is 272 g/mol. The number of carboxylic acids is 1. The van der Waals surface area contributed by atoms with Crippen LogP contribution in [0.2, 0.25) is 0 Å². The van der Waals surface area contributed by atoms with Gasteiger partial charge in [-0.1, -0.05) is 33.1 Å². The van der Waals surface area contributed by atoms with Crippen molar-refractivity contribution < 1.29 is 14.7 Å². The first-order chi connectivity index (χ1) is 8.99. The highest BCUT2D eigenvalue weighted by molar-refractivity contribution is 5.78. The van der Waals surface area contributed by atoms with Gasteiger partial charge in [-0.3, -0.25) is 14.5 Å². The van der Waals surface area contributed by atoms with Crippen molar-refractivity contribution in [1.29, 1.82) is 0 Å². The Balaban J connectivity index is 3.88. The van der Waals surface area contributed by atoms with Gasteiger partial charge in [-0.05, 0) is 19.9 Å². The van der Waals surface area contributed by atoms with E-state index in [1.807, 2.05) is 18.7 Å². The van der Waals surface area contributed by atoms with E-state index in [4.69, 9.17) is 5.11 Å². The van der Waals surface area contributed by atoms with Gasteiger partial charge in [0.05, 0.1) is 13.0 Å². The first-order valence-corrected chi connectivity index (χ1v) is 7.23. The molecule has 0 aliphatic heterocycles. The van der Waals surface area contributed by atoms with Crippen molar-refractivity contribution in [1.82, 2.24) is 10.2 Å². The number of hydrogen-bond donors (Lipinski definition) is 2. The van der Waals surface area contributed by atoms with Crippen LogP contribution in [0.4, 0.5) is 0 Å². The van der Waals surface area contributed by atoms with E-state index in [9.17, 15) is 9.59 Å². The lowest BCUT2D eigenvalue weighted by molar-refractivity contribution is -0.137. The third kappa shape index (κ3) is 10.5. The van der Waals surface area contributed by atoms with Crippen molar-refractivity contribution in [3.8, 4) is 0 Å². The molecule has 1 unspecified atom stereocenters. The molecule has 0 fully saturated rings. The van der Waals surface area contributed by atoms with Gasteiger partial charge in [0.25, 0.3) is 0 Å². The Morgan fingerprint density at radius 1 is 1.26 bits per heavy atom. The molecule has 0 saturated carbocycles. The van der Waals surface area contributed by atoms with Crippen molar-refractivity contribution in [2.24, 2.45) is 0 Å². The van der Waals surface area contributed by atoms with Gasteiger partial charge in [-0.2, -0.15) is 0 Å². The normalized spacial score (nSPS) is 12.4. The molecular weight excluding hydrogens is 244 g/mol. The van der Waals surface area contributed by atoms with Crippen LogP contribution in [0.1, 0.15) is 52.9 Å². The van der Waals surface area contributed by atoms with E-state index < -0.39 is 5.97 Å². The molecule has 0 aromatic rings. The molecule has 19 heavy (non-hydrogen) atoms. The van der Waals surface area contributed by atoms with E-state index in [-0.39, 0.29) is 24.9 Å². The van der Waals surface area contributed by atoms with Crippen LogP contribution in [-0.4, -0.2) is 47.6 Å². The van der Waals surface area contributed by atoms with Crippen LogP contribution in [0.5, 0.6) is 0 Å². The van der Waals surface area contributed by atoms with Crippen molar-refractivity contribution in [2.45, 2.75) is 58.9 Å². The summed E-state index contributed by atoms with van der Waals surface area (Å²) in [7, 11) is 0. The van der Waals surface area contributed by atoms with Gasteiger partial charge in [0.1, 0.15) is 0 Å². The second kappa shape index (κ2) is 10.8. The number of carboxylic acid groups (broad SMARTS) is 1. The molecule has 2 N–H and O–H groups in total. The maximum Gasteiger partial charge on any atom is 0.304 e. The number of nitrogens with one attached hydrogen (secondary N) is 1. The maximum atomic E-state index is 11.8. The predicted octanol–water partition coefficient (Wildman–Crippen LogP) is 1.87. The number of nitrogens with zero attached hydrogens (tertiary/aromatic N) is 1. The zero-order valence-electron chi connectivity index (χ0n) is 12.4. The highest BCUT2D eigenvalue weighted by Crippen LogP contribution is 2.02. The van der Waals surface area contributed by atoms with Crippen molar-refractivity contribution in [2.75, 3.05) is 19.6 Å². The van der Waals surface area contributed by atoms with Gasteiger partial charge in [-0.25, -0.2) is 0 Å².